The SMILES string of the molecule is C=CCN1CCC(NC(=NC)NCc2cccc(C#N)c2)CC1. The predicted octanol–water partition coefficient (Wildman–Crippen LogP) is 1.87. The van der Waals surface area contributed by atoms with Gasteiger partial charge in [-0.15, -0.1) is 6.58 Å². The molecule has 2 N–H and O–H groups in total. The van der Waals surface area contributed by atoms with E-state index < -0.39 is 0 Å². The zero-order chi connectivity index (χ0) is 16.5. The molecule has 0 unspecified atom stereocenters. The van der Waals surface area contributed by atoms with Crippen LogP contribution in [-0.4, -0.2) is 43.6 Å². The normalized spacial score (nSPS) is 16.6. The number of nitrogens with zero attached hydrogens (tertiary/aromatic N) is 3. The van der Waals surface area contributed by atoms with Crippen molar-refractivity contribution < 1.29 is 0 Å². The second-order valence-corrected chi connectivity index (χ2v) is 5.75. The molecule has 0 aliphatic carbocycles. The third-order valence-corrected chi connectivity index (χ3v) is 4.06. The fourth-order valence-corrected chi connectivity index (χ4v) is 2.77. The number of piperidine rings is 1. The maximum Gasteiger partial charge on any atom is 0.191 e. The highest BCUT2D eigenvalue weighted by atomic mass is 15.2. The lowest BCUT2D eigenvalue weighted by Gasteiger charge is -2.32. The van der Waals surface area contributed by atoms with E-state index in [0.29, 0.717) is 18.2 Å². The Morgan fingerprint density at radius 3 is 2.91 bits per heavy atom. The van der Waals surface area contributed by atoms with Gasteiger partial charge in [-0.2, -0.15) is 5.26 Å². The summed E-state index contributed by atoms with van der Waals surface area (Å²) in [6, 6.07) is 10.2. The van der Waals surface area contributed by atoms with Crippen LogP contribution >= 0.6 is 0 Å². The van der Waals surface area contributed by atoms with Crippen molar-refractivity contribution in [1.82, 2.24) is 15.5 Å². The van der Waals surface area contributed by atoms with E-state index in [1.165, 1.54) is 0 Å². The van der Waals surface area contributed by atoms with Gasteiger partial charge in [0.2, 0.25) is 0 Å². The molecule has 122 valence electrons. The number of rotatable bonds is 5. The minimum Gasteiger partial charge on any atom is -0.354 e. The van der Waals surface area contributed by atoms with Gasteiger partial charge in [0.05, 0.1) is 11.6 Å². The van der Waals surface area contributed by atoms with Crippen molar-refractivity contribution in [1.29, 1.82) is 5.26 Å². The molecule has 5 heteroatoms. The van der Waals surface area contributed by atoms with Crippen LogP contribution in [0, 0.1) is 11.3 Å². The second kappa shape index (κ2) is 8.96. The average Bonchev–Trinajstić information content (AvgIpc) is 2.60. The third-order valence-electron chi connectivity index (χ3n) is 4.06. The van der Waals surface area contributed by atoms with Crippen LogP contribution in [0.3, 0.4) is 0 Å². The van der Waals surface area contributed by atoms with E-state index in [-0.39, 0.29) is 0 Å². The molecule has 1 heterocycles. The van der Waals surface area contributed by atoms with E-state index >= 15 is 0 Å². The highest BCUT2D eigenvalue weighted by Crippen LogP contribution is 2.10. The molecule has 1 saturated heterocycles. The fraction of sp³-hybridized carbons (Fsp3) is 0.444. The number of nitriles is 1. The van der Waals surface area contributed by atoms with Gasteiger partial charge in [0.1, 0.15) is 0 Å². The van der Waals surface area contributed by atoms with Gasteiger partial charge in [-0.05, 0) is 30.5 Å². The number of guanidine groups is 1. The number of benzene rings is 1. The van der Waals surface area contributed by atoms with Crippen LogP contribution in [0.2, 0.25) is 0 Å². The Balaban J connectivity index is 1.80. The number of likely N-dealkylation sites (tertiary alicyclic amines) is 1. The standard InChI is InChI=1S/C18H25N5/c1-3-9-23-10-7-17(8-11-23)22-18(20-2)21-14-16-6-4-5-15(12-16)13-19/h3-6,12,17H,1,7-11,14H2,2H3,(H2,20,21,22). The molecule has 0 spiro atoms. The molecule has 0 radical (unpaired) electrons. The maximum absolute atomic E-state index is 8.94. The number of aliphatic imine (C=N–C) groups is 1. The summed E-state index contributed by atoms with van der Waals surface area (Å²) in [6.45, 7) is 7.60. The van der Waals surface area contributed by atoms with Gasteiger partial charge in [-0.3, -0.25) is 9.89 Å². The Labute approximate surface area is 138 Å². The monoisotopic (exact) mass is 311 g/mol. The van der Waals surface area contributed by atoms with Crippen LogP contribution in [0.15, 0.2) is 41.9 Å². The third kappa shape index (κ3) is 5.42. The number of hydrogen-bond donors (Lipinski definition) is 2. The molecule has 0 bridgehead atoms. The van der Waals surface area contributed by atoms with Crippen LogP contribution in [-0.2, 0) is 6.54 Å². The van der Waals surface area contributed by atoms with Gasteiger partial charge in [0, 0.05) is 39.3 Å². The molecule has 0 amide bonds. The van der Waals surface area contributed by atoms with Crippen molar-refractivity contribution in [3.63, 3.8) is 0 Å². The Bertz CT molecular complexity index is 579. The first kappa shape index (κ1) is 17.0. The zero-order valence-corrected chi connectivity index (χ0v) is 13.8. The second-order valence-electron chi connectivity index (χ2n) is 5.75. The molecule has 1 aliphatic rings. The van der Waals surface area contributed by atoms with E-state index in [4.69, 9.17) is 5.26 Å². The summed E-state index contributed by atoms with van der Waals surface area (Å²) in [5.41, 5.74) is 1.76. The highest BCUT2D eigenvalue weighted by molar-refractivity contribution is 5.79. The molecule has 1 aromatic carbocycles. The summed E-state index contributed by atoms with van der Waals surface area (Å²) in [7, 11) is 1.79. The van der Waals surface area contributed by atoms with Crippen LogP contribution in [0.5, 0.6) is 0 Å². The van der Waals surface area contributed by atoms with Gasteiger partial charge < -0.3 is 10.6 Å². The highest BCUT2D eigenvalue weighted by Gasteiger charge is 2.18. The Morgan fingerprint density at radius 1 is 1.48 bits per heavy atom. The minimum absolute atomic E-state index is 0.452. The molecule has 23 heavy (non-hydrogen) atoms. The number of nitrogens with one attached hydrogen (secondary N) is 2. The quantitative estimate of drug-likeness (QED) is 0.495. The summed E-state index contributed by atoms with van der Waals surface area (Å²) >= 11 is 0. The van der Waals surface area contributed by atoms with E-state index in [1.54, 1.807) is 7.05 Å². The van der Waals surface area contributed by atoms with Gasteiger partial charge in [-0.1, -0.05) is 18.2 Å². The smallest absolute Gasteiger partial charge is 0.191 e. The lowest BCUT2D eigenvalue weighted by atomic mass is 10.1. The minimum atomic E-state index is 0.452. The lowest BCUT2D eigenvalue weighted by Crippen LogP contribution is -2.48. The van der Waals surface area contributed by atoms with Gasteiger partial charge >= 0.3 is 0 Å². The first-order valence-corrected chi connectivity index (χ1v) is 8.04. The molecule has 2 rings (SSSR count). The molecule has 0 atom stereocenters. The summed E-state index contributed by atoms with van der Waals surface area (Å²) < 4.78 is 0. The summed E-state index contributed by atoms with van der Waals surface area (Å²) in [5.74, 6) is 0.814. The van der Waals surface area contributed by atoms with Crippen molar-refractivity contribution in [2.45, 2.75) is 25.4 Å². The van der Waals surface area contributed by atoms with Crippen molar-refractivity contribution in [2.75, 3.05) is 26.7 Å². The topological polar surface area (TPSA) is 63.4 Å². The molecular formula is C18H25N5. The molecule has 1 fully saturated rings. The van der Waals surface area contributed by atoms with Crippen molar-refractivity contribution >= 4 is 5.96 Å². The van der Waals surface area contributed by atoms with E-state index in [2.05, 4.69) is 33.2 Å². The van der Waals surface area contributed by atoms with Crippen molar-refractivity contribution in [3.8, 4) is 6.07 Å². The number of hydrogen-bond acceptors (Lipinski definition) is 3. The van der Waals surface area contributed by atoms with E-state index in [1.807, 2.05) is 30.3 Å². The summed E-state index contributed by atoms with van der Waals surface area (Å²) in [6.07, 6.45) is 4.18. The molecular weight excluding hydrogens is 286 g/mol. The lowest BCUT2D eigenvalue weighted by molar-refractivity contribution is 0.225. The van der Waals surface area contributed by atoms with Crippen LogP contribution in [0.25, 0.3) is 0 Å². The predicted molar refractivity (Wildman–Crippen MR) is 94.2 cm³/mol. The van der Waals surface area contributed by atoms with Crippen LogP contribution in [0.1, 0.15) is 24.0 Å². The molecule has 1 aliphatic heterocycles. The Kier molecular flexibility index (Phi) is 6.64. The largest absolute Gasteiger partial charge is 0.354 e. The summed E-state index contributed by atoms with van der Waals surface area (Å²) in [4.78, 5) is 6.71. The molecule has 0 aromatic heterocycles. The zero-order valence-electron chi connectivity index (χ0n) is 13.8. The van der Waals surface area contributed by atoms with Crippen molar-refractivity contribution in [2.24, 2.45) is 4.99 Å². The maximum atomic E-state index is 8.94. The van der Waals surface area contributed by atoms with Crippen LogP contribution in [0.4, 0.5) is 0 Å². The Hall–Kier alpha value is -2.32. The Morgan fingerprint density at radius 2 is 2.26 bits per heavy atom. The molecule has 1 aromatic rings. The van der Waals surface area contributed by atoms with Gasteiger partial charge in [0.25, 0.3) is 0 Å². The molecule has 5 nitrogen and oxygen atoms in total. The van der Waals surface area contributed by atoms with Gasteiger partial charge in [0.15, 0.2) is 5.96 Å². The van der Waals surface area contributed by atoms with E-state index in [9.17, 15) is 0 Å². The first-order chi connectivity index (χ1) is 11.2. The van der Waals surface area contributed by atoms with E-state index in [0.717, 1.165) is 44.0 Å². The average molecular weight is 311 g/mol. The fourth-order valence-electron chi connectivity index (χ4n) is 2.77. The molecule has 0 saturated carbocycles. The first-order valence-electron chi connectivity index (χ1n) is 8.04. The van der Waals surface area contributed by atoms with Crippen LogP contribution < -0.4 is 10.6 Å². The van der Waals surface area contributed by atoms with Crippen molar-refractivity contribution in [3.05, 3.63) is 48.0 Å². The summed E-state index contributed by atoms with van der Waals surface area (Å²) in [5, 5.41) is 15.8. The van der Waals surface area contributed by atoms with Gasteiger partial charge in [-0.25, -0.2) is 0 Å².